The van der Waals surface area contributed by atoms with Crippen LogP contribution in [0, 0.1) is 0 Å². The highest BCUT2D eigenvalue weighted by Gasteiger charge is 2.30. The lowest BCUT2D eigenvalue weighted by molar-refractivity contribution is -0.118. The Morgan fingerprint density at radius 1 is 0.639 bits per heavy atom. The molecule has 2 aliphatic heterocycles. The van der Waals surface area contributed by atoms with E-state index >= 15 is 0 Å². The van der Waals surface area contributed by atoms with Crippen LogP contribution in [0.25, 0.3) is 0 Å². The van der Waals surface area contributed by atoms with Crippen molar-refractivity contribution in [1.82, 2.24) is 20.4 Å². The molecule has 0 saturated carbocycles. The molecular formula is C26H30N6O4. The van der Waals surface area contributed by atoms with Crippen LogP contribution in [0.15, 0.2) is 36.4 Å². The molecule has 10 heteroatoms. The first-order valence-electron chi connectivity index (χ1n) is 12.3. The molecule has 0 radical (unpaired) electrons. The van der Waals surface area contributed by atoms with Gasteiger partial charge in [0.2, 0.25) is 11.8 Å². The molecule has 10 nitrogen and oxygen atoms in total. The van der Waals surface area contributed by atoms with E-state index in [0.717, 1.165) is 52.4 Å². The molecule has 0 spiro atoms. The van der Waals surface area contributed by atoms with Crippen LogP contribution in [-0.4, -0.2) is 98.6 Å². The lowest BCUT2D eigenvalue weighted by Gasteiger charge is -2.26. The largest absolute Gasteiger partial charge is 0.325 e. The van der Waals surface area contributed by atoms with Gasteiger partial charge in [-0.2, -0.15) is 0 Å². The molecule has 2 amide bonds. The van der Waals surface area contributed by atoms with Crippen molar-refractivity contribution < 1.29 is 19.2 Å². The number of carbonyl (C=O) groups is 4. The first-order chi connectivity index (χ1) is 17.5. The maximum Gasteiger partial charge on any atom is 0.238 e. The first kappa shape index (κ1) is 24.3. The summed E-state index contributed by atoms with van der Waals surface area (Å²) in [4.78, 5) is 55.6. The van der Waals surface area contributed by atoms with E-state index in [0.29, 0.717) is 22.5 Å². The van der Waals surface area contributed by atoms with E-state index in [4.69, 9.17) is 0 Å². The van der Waals surface area contributed by atoms with Crippen molar-refractivity contribution in [1.29, 1.82) is 0 Å². The Labute approximate surface area is 209 Å². The molecule has 1 aliphatic carbocycles. The molecular weight excluding hydrogens is 460 g/mol. The van der Waals surface area contributed by atoms with Crippen LogP contribution < -0.4 is 21.3 Å². The summed E-state index contributed by atoms with van der Waals surface area (Å²) in [5.41, 5.74) is 2.05. The third-order valence-electron chi connectivity index (χ3n) is 6.74. The minimum atomic E-state index is -0.309. The highest BCUT2D eigenvalue weighted by atomic mass is 16.2. The summed E-state index contributed by atoms with van der Waals surface area (Å²) >= 11 is 0. The molecule has 36 heavy (non-hydrogen) atoms. The summed E-state index contributed by atoms with van der Waals surface area (Å²) in [5.74, 6) is -0.893. The molecule has 0 bridgehead atoms. The molecule has 2 aromatic carbocycles. The van der Waals surface area contributed by atoms with E-state index in [1.807, 2.05) is 0 Å². The molecule has 2 aromatic rings. The third-order valence-corrected chi connectivity index (χ3v) is 6.74. The molecule has 4 N–H and O–H groups in total. The smallest absolute Gasteiger partial charge is 0.238 e. The van der Waals surface area contributed by atoms with Gasteiger partial charge in [-0.1, -0.05) is 0 Å². The van der Waals surface area contributed by atoms with E-state index in [2.05, 4.69) is 31.1 Å². The van der Waals surface area contributed by atoms with Gasteiger partial charge >= 0.3 is 0 Å². The van der Waals surface area contributed by atoms with Crippen molar-refractivity contribution in [3.05, 3.63) is 58.7 Å². The number of nitrogens with one attached hydrogen (secondary N) is 4. The number of amides is 2. The van der Waals surface area contributed by atoms with Gasteiger partial charge in [0.15, 0.2) is 11.6 Å². The summed E-state index contributed by atoms with van der Waals surface area (Å²) in [6, 6.07) is 9.59. The predicted octanol–water partition coefficient (Wildman–Crippen LogP) is 0.149. The van der Waals surface area contributed by atoms with Gasteiger partial charge in [-0.25, -0.2) is 0 Å². The highest BCUT2D eigenvalue weighted by molar-refractivity contribution is 6.29. The molecule has 2 heterocycles. The second-order valence-electron chi connectivity index (χ2n) is 9.33. The number of hydrogen-bond acceptors (Lipinski definition) is 8. The molecule has 0 unspecified atom stereocenters. The summed E-state index contributed by atoms with van der Waals surface area (Å²) in [7, 11) is 0. The van der Waals surface area contributed by atoms with Gasteiger partial charge in [-0.3, -0.25) is 29.0 Å². The number of benzene rings is 2. The number of hydrogen-bond donors (Lipinski definition) is 4. The average molecular weight is 491 g/mol. The van der Waals surface area contributed by atoms with Crippen molar-refractivity contribution in [3.8, 4) is 0 Å². The van der Waals surface area contributed by atoms with E-state index in [1.54, 1.807) is 36.4 Å². The quantitative estimate of drug-likeness (QED) is 0.385. The molecule has 3 aliphatic rings. The lowest BCUT2D eigenvalue weighted by Crippen LogP contribution is -2.46. The number of anilines is 2. The van der Waals surface area contributed by atoms with Gasteiger partial charge in [0, 0.05) is 86.0 Å². The Balaban J connectivity index is 1.29. The zero-order chi connectivity index (χ0) is 25.1. The maximum atomic E-state index is 13.4. The van der Waals surface area contributed by atoms with Crippen LogP contribution in [0.4, 0.5) is 11.4 Å². The SMILES string of the molecule is O=C(CN1CCNCC1)Nc1ccc2c(c1)C(=O)c1cc(NC(=O)CN3CCNCC3)ccc1C2=O. The number of nitrogens with zero attached hydrogens (tertiary/aromatic N) is 2. The zero-order valence-electron chi connectivity index (χ0n) is 20.1. The fourth-order valence-electron chi connectivity index (χ4n) is 4.85. The number of ketones is 2. The van der Waals surface area contributed by atoms with E-state index in [1.165, 1.54) is 0 Å². The fourth-order valence-corrected chi connectivity index (χ4v) is 4.85. The van der Waals surface area contributed by atoms with Crippen molar-refractivity contribution in [2.45, 2.75) is 0 Å². The van der Waals surface area contributed by atoms with Crippen molar-refractivity contribution >= 4 is 34.8 Å². The number of rotatable bonds is 6. The minimum absolute atomic E-state index is 0.165. The third kappa shape index (κ3) is 5.36. The number of piperazine rings is 2. The fraction of sp³-hybridized carbons (Fsp3) is 0.385. The monoisotopic (exact) mass is 490 g/mol. The summed E-state index contributed by atoms with van der Waals surface area (Å²) in [6.07, 6.45) is 0. The first-order valence-corrected chi connectivity index (χ1v) is 12.3. The second-order valence-corrected chi connectivity index (χ2v) is 9.33. The second kappa shape index (κ2) is 10.7. The topological polar surface area (TPSA) is 123 Å². The summed E-state index contributed by atoms with van der Waals surface area (Å²) in [5, 5.41) is 12.2. The van der Waals surface area contributed by atoms with Gasteiger partial charge in [0.05, 0.1) is 13.1 Å². The molecule has 188 valence electrons. The molecule has 0 atom stereocenters. The number of fused-ring (bicyclic) bond motifs is 2. The molecule has 5 rings (SSSR count). The lowest BCUT2D eigenvalue weighted by atomic mass is 9.83. The minimum Gasteiger partial charge on any atom is -0.325 e. The van der Waals surface area contributed by atoms with Gasteiger partial charge in [0.25, 0.3) is 0 Å². The maximum absolute atomic E-state index is 13.4. The predicted molar refractivity (Wildman–Crippen MR) is 136 cm³/mol. The average Bonchev–Trinajstić information content (AvgIpc) is 2.88. The van der Waals surface area contributed by atoms with E-state index < -0.39 is 0 Å². The Bertz CT molecular complexity index is 1110. The molecule has 2 saturated heterocycles. The Hall–Kier alpha value is -3.44. The van der Waals surface area contributed by atoms with Crippen LogP contribution in [0.2, 0.25) is 0 Å². The zero-order valence-corrected chi connectivity index (χ0v) is 20.1. The van der Waals surface area contributed by atoms with Crippen LogP contribution in [0.3, 0.4) is 0 Å². The van der Waals surface area contributed by atoms with Gasteiger partial charge in [-0.05, 0) is 36.4 Å². The molecule has 2 fully saturated rings. The normalized spacial score (nSPS) is 18.3. The van der Waals surface area contributed by atoms with Gasteiger partial charge in [-0.15, -0.1) is 0 Å². The Morgan fingerprint density at radius 2 is 1.03 bits per heavy atom. The van der Waals surface area contributed by atoms with E-state index in [9.17, 15) is 19.2 Å². The van der Waals surface area contributed by atoms with Crippen LogP contribution in [0.5, 0.6) is 0 Å². The highest BCUT2D eigenvalue weighted by Crippen LogP contribution is 2.31. The van der Waals surface area contributed by atoms with Gasteiger partial charge < -0.3 is 21.3 Å². The van der Waals surface area contributed by atoms with Gasteiger partial charge in [0.1, 0.15) is 0 Å². The van der Waals surface area contributed by atoms with Crippen molar-refractivity contribution in [2.75, 3.05) is 76.1 Å². The van der Waals surface area contributed by atoms with E-state index in [-0.39, 0.29) is 47.6 Å². The van der Waals surface area contributed by atoms with Crippen molar-refractivity contribution in [3.63, 3.8) is 0 Å². The Morgan fingerprint density at radius 3 is 1.44 bits per heavy atom. The summed E-state index contributed by atoms with van der Waals surface area (Å²) in [6.45, 7) is 7.13. The Kier molecular flexibility index (Phi) is 7.19. The van der Waals surface area contributed by atoms with Crippen LogP contribution >= 0.6 is 0 Å². The number of carbonyl (C=O) groups excluding carboxylic acids is 4. The summed E-state index contributed by atoms with van der Waals surface area (Å²) < 4.78 is 0. The van der Waals surface area contributed by atoms with Crippen LogP contribution in [-0.2, 0) is 9.59 Å². The van der Waals surface area contributed by atoms with Crippen LogP contribution in [0.1, 0.15) is 31.8 Å². The molecule has 0 aromatic heterocycles. The standard InChI is InChI=1S/C26H30N6O4/c33-23(15-31-9-5-27-6-10-31)29-17-1-3-19-21(13-17)26(36)22-14-18(2-4-20(22)25(19)35)30-24(34)16-32-11-7-28-8-12-32/h1-4,13-14,27-28H,5-12,15-16H2,(H,29,33)(H,30,34). The van der Waals surface area contributed by atoms with Crippen molar-refractivity contribution in [2.24, 2.45) is 0 Å².